The first kappa shape index (κ1) is 16.0. The van der Waals surface area contributed by atoms with Gasteiger partial charge in [0.15, 0.2) is 5.13 Å². The number of hydrogen-bond acceptors (Lipinski definition) is 5. The predicted molar refractivity (Wildman–Crippen MR) is 83.9 cm³/mol. The van der Waals surface area contributed by atoms with Gasteiger partial charge in [0.05, 0.1) is 10.5 Å². The molecule has 0 amide bonds. The van der Waals surface area contributed by atoms with Crippen LogP contribution in [0, 0.1) is 0 Å². The molecule has 3 heterocycles. The van der Waals surface area contributed by atoms with Crippen LogP contribution < -0.4 is 4.90 Å². The largest absolute Gasteiger partial charge is 0.427 e. The molecule has 0 aromatic carbocycles. The van der Waals surface area contributed by atoms with Gasteiger partial charge in [0.25, 0.3) is 0 Å². The van der Waals surface area contributed by atoms with E-state index in [1.807, 2.05) is 17.0 Å². The second-order valence-corrected chi connectivity index (χ2v) is 7.78. The van der Waals surface area contributed by atoms with E-state index in [1.54, 1.807) is 11.3 Å². The molecule has 1 aliphatic rings. The highest BCUT2D eigenvalue weighted by atomic mass is 35.5. The molecule has 9 heteroatoms. The fourth-order valence-electron chi connectivity index (χ4n) is 2.30. The molecule has 22 heavy (non-hydrogen) atoms. The first-order valence-corrected chi connectivity index (χ1v) is 8.67. The van der Waals surface area contributed by atoms with E-state index >= 15 is 0 Å². The van der Waals surface area contributed by atoms with Crippen molar-refractivity contribution >= 4 is 39.4 Å². The topological polar surface area (TPSA) is 19.4 Å². The number of aromatic nitrogens is 1. The molecule has 0 spiro atoms. The molecule has 2 aromatic heterocycles. The van der Waals surface area contributed by atoms with Crippen molar-refractivity contribution in [3.63, 3.8) is 0 Å². The highest BCUT2D eigenvalue weighted by Gasteiger charge is 2.34. The summed E-state index contributed by atoms with van der Waals surface area (Å²) >= 11 is 8.18. The first-order valence-electron chi connectivity index (χ1n) is 6.66. The number of nitrogens with zero attached hydrogens (tertiary/aromatic N) is 3. The second kappa shape index (κ2) is 6.35. The number of rotatable bonds is 3. The minimum atomic E-state index is -4.31. The summed E-state index contributed by atoms with van der Waals surface area (Å²) < 4.78 is 38.6. The standard InChI is InChI=1S/C13H13ClF3N3S2/c14-11-2-1-9(21-11)8-19-3-5-20(6-4-19)12-18-7-10(22-12)13(15,16)17/h1-2,7H,3-6,8H2. The van der Waals surface area contributed by atoms with Crippen LogP contribution in [0.2, 0.25) is 4.34 Å². The maximum atomic E-state index is 12.6. The van der Waals surface area contributed by atoms with Crippen molar-refractivity contribution in [1.29, 1.82) is 0 Å². The zero-order valence-corrected chi connectivity index (χ0v) is 13.8. The first-order chi connectivity index (χ1) is 10.4. The Morgan fingerprint density at radius 1 is 1.14 bits per heavy atom. The van der Waals surface area contributed by atoms with Crippen LogP contribution in [0.25, 0.3) is 0 Å². The van der Waals surface area contributed by atoms with Gasteiger partial charge in [-0.05, 0) is 12.1 Å². The van der Waals surface area contributed by atoms with Crippen molar-refractivity contribution in [2.24, 2.45) is 0 Å². The average Bonchev–Trinajstić information content (AvgIpc) is 3.08. The van der Waals surface area contributed by atoms with Crippen molar-refractivity contribution in [3.8, 4) is 0 Å². The van der Waals surface area contributed by atoms with Gasteiger partial charge in [0.1, 0.15) is 4.88 Å². The molecule has 1 saturated heterocycles. The molecule has 0 N–H and O–H groups in total. The van der Waals surface area contributed by atoms with E-state index in [0.29, 0.717) is 29.6 Å². The molecule has 1 fully saturated rings. The van der Waals surface area contributed by atoms with Crippen LogP contribution in [0.4, 0.5) is 18.3 Å². The van der Waals surface area contributed by atoms with Crippen LogP contribution in [0.1, 0.15) is 9.75 Å². The zero-order chi connectivity index (χ0) is 15.7. The summed E-state index contributed by atoms with van der Waals surface area (Å²) in [7, 11) is 0. The quantitative estimate of drug-likeness (QED) is 0.810. The van der Waals surface area contributed by atoms with Crippen LogP contribution in [-0.4, -0.2) is 36.1 Å². The molecule has 0 atom stereocenters. The number of anilines is 1. The van der Waals surface area contributed by atoms with Gasteiger partial charge in [0, 0.05) is 37.6 Å². The minimum Gasteiger partial charge on any atom is -0.346 e. The highest BCUT2D eigenvalue weighted by molar-refractivity contribution is 7.16. The molecule has 2 aromatic rings. The molecule has 0 bridgehead atoms. The molecular formula is C13H13ClF3N3S2. The smallest absolute Gasteiger partial charge is 0.346 e. The predicted octanol–water partition coefficient (Wildman–Crippen LogP) is 4.20. The Kier molecular flexibility index (Phi) is 4.63. The van der Waals surface area contributed by atoms with Crippen molar-refractivity contribution in [3.05, 3.63) is 32.4 Å². The average molecular weight is 368 g/mol. The third-order valence-electron chi connectivity index (χ3n) is 3.42. The molecule has 120 valence electrons. The van der Waals surface area contributed by atoms with Gasteiger partial charge in [-0.1, -0.05) is 22.9 Å². The Labute approximate surface area is 138 Å². The van der Waals surface area contributed by atoms with Gasteiger partial charge in [-0.25, -0.2) is 4.98 Å². The maximum absolute atomic E-state index is 12.6. The fourth-order valence-corrected chi connectivity index (χ4v) is 4.26. The molecule has 0 unspecified atom stereocenters. The Morgan fingerprint density at radius 3 is 2.41 bits per heavy atom. The fraction of sp³-hybridized carbons (Fsp3) is 0.462. The summed E-state index contributed by atoms with van der Waals surface area (Å²) in [6, 6.07) is 3.89. The van der Waals surface area contributed by atoms with E-state index in [1.165, 1.54) is 4.88 Å². The summed E-state index contributed by atoms with van der Waals surface area (Å²) in [6.07, 6.45) is -3.39. The van der Waals surface area contributed by atoms with Crippen LogP contribution in [-0.2, 0) is 12.7 Å². The monoisotopic (exact) mass is 367 g/mol. The van der Waals surface area contributed by atoms with Gasteiger partial charge in [-0.2, -0.15) is 13.2 Å². The lowest BCUT2D eigenvalue weighted by Crippen LogP contribution is -2.45. The summed E-state index contributed by atoms with van der Waals surface area (Å²) in [5.74, 6) is 0. The maximum Gasteiger partial charge on any atom is 0.427 e. The van der Waals surface area contributed by atoms with E-state index < -0.39 is 11.1 Å². The third kappa shape index (κ3) is 3.73. The number of thiazole rings is 1. The summed E-state index contributed by atoms with van der Waals surface area (Å²) in [4.78, 5) is 8.66. The van der Waals surface area contributed by atoms with Gasteiger partial charge in [-0.3, -0.25) is 4.90 Å². The van der Waals surface area contributed by atoms with Crippen molar-refractivity contribution < 1.29 is 13.2 Å². The summed E-state index contributed by atoms with van der Waals surface area (Å²) in [5.41, 5.74) is 0. The van der Waals surface area contributed by atoms with E-state index in [0.717, 1.165) is 30.2 Å². The van der Waals surface area contributed by atoms with Crippen LogP contribution in [0.3, 0.4) is 0 Å². The van der Waals surface area contributed by atoms with E-state index in [9.17, 15) is 13.2 Å². The Balaban J connectivity index is 1.56. The molecule has 3 nitrogen and oxygen atoms in total. The number of halogens is 4. The van der Waals surface area contributed by atoms with E-state index in [2.05, 4.69) is 9.88 Å². The summed E-state index contributed by atoms with van der Waals surface area (Å²) in [6.45, 7) is 3.80. The Bertz CT molecular complexity index is 633. The molecule has 3 rings (SSSR count). The summed E-state index contributed by atoms with van der Waals surface area (Å²) in [5, 5.41) is 0.450. The normalized spacial score (nSPS) is 17.2. The molecule has 0 aliphatic carbocycles. The van der Waals surface area contributed by atoms with Gasteiger partial charge in [-0.15, -0.1) is 11.3 Å². The van der Waals surface area contributed by atoms with Gasteiger partial charge < -0.3 is 4.90 Å². The van der Waals surface area contributed by atoms with Crippen LogP contribution in [0.15, 0.2) is 18.3 Å². The van der Waals surface area contributed by atoms with Crippen molar-refractivity contribution in [1.82, 2.24) is 9.88 Å². The Hall–Kier alpha value is -0.830. The Morgan fingerprint density at radius 2 is 1.86 bits per heavy atom. The van der Waals surface area contributed by atoms with Crippen LogP contribution in [0.5, 0.6) is 0 Å². The number of thiophene rings is 1. The lowest BCUT2D eigenvalue weighted by Gasteiger charge is -2.34. The minimum absolute atomic E-state index is 0.450. The molecule has 1 aliphatic heterocycles. The number of hydrogen-bond donors (Lipinski definition) is 0. The zero-order valence-electron chi connectivity index (χ0n) is 11.4. The lowest BCUT2D eigenvalue weighted by atomic mass is 10.3. The number of piperazine rings is 1. The van der Waals surface area contributed by atoms with Crippen molar-refractivity contribution in [2.75, 3.05) is 31.1 Å². The second-order valence-electron chi connectivity index (χ2n) is 4.97. The third-order valence-corrected chi connectivity index (χ3v) is 5.74. The lowest BCUT2D eigenvalue weighted by molar-refractivity contribution is -0.134. The van der Waals surface area contributed by atoms with Crippen LogP contribution >= 0.6 is 34.3 Å². The molecule has 0 radical (unpaired) electrons. The van der Waals surface area contributed by atoms with Crippen molar-refractivity contribution in [2.45, 2.75) is 12.7 Å². The van der Waals surface area contributed by atoms with Gasteiger partial charge in [0.2, 0.25) is 0 Å². The van der Waals surface area contributed by atoms with E-state index in [-0.39, 0.29) is 0 Å². The molecule has 0 saturated carbocycles. The number of alkyl halides is 3. The SMILES string of the molecule is FC(F)(F)c1cnc(N2CCN(Cc3ccc(Cl)s3)CC2)s1. The van der Waals surface area contributed by atoms with E-state index in [4.69, 9.17) is 11.6 Å². The van der Waals surface area contributed by atoms with Gasteiger partial charge >= 0.3 is 6.18 Å². The highest BCUT2D eigenvalue weighted by Crippen LogP contribution is 2.36. The molecular weight excluding hydrogens is 355 g/mol.